The van der Waals surface area contributed by atoms with E-state index < -0.39 is 10.0 Å². The summed E-state index contributed by atoms with van der Waals surface area (Å²) in [4.78, 5) is 8.64. The van der Waals surface area contributed by atoms with E-state index in [9.17, 15) is 8.42 Å². The highest BCUT2D eigenvalue weighted by Crippen LogP contribution is 2.26. The Balaban J connectivity index is 1.30. The fourth-order valence-corrected chi connectivity index (χ4v) is 5.96. The maximum atomic E-state index is 12.6. The molecule has 2 N–H and O–H groups in total. The summed E-state index contributed by atoms with van der Waals surface area (Å²) in [5, 5.41) is 18.2. The van der Waals surface area contributed by atoms with Crippen molar-refractivity contribution in [3.63, 3.8) is 0 Å². The van der Waals surface area contributed by atoms with Gasteiger partial charge in [-0.1, -0.05) is 28.9 Å². The molecule has 0 unspecified atom stereocenters. The van der Waals surface area contributed by atoms with Crippen LogP contribution in [-0.4, -0.2) is 39.1 Å². The van der Waals surface area contributed by atoms with E-state index in [0.717, 1.165) is 17.0 Å². The highest BCUT2D eigenvalue weighted by molar-refractivity contribution is 7.93. The number of aromatic nitrogens is 5. The third-order valence-electron chi connectivity index (χ3n) is 5.25. The Morgan fingerprint density at radius 1 is 1.05 bits per heavy atom. The topological polar surface area (TPSA) is 127 Å². The summed E-state index contributed by atoms with van der Waals surface area (Å²) in [5.41, 5.74) is 7.41. The lowest BCUT2D eigenvalue weighted by molar-refractivity contribution is 0.601. The van der Waals surface area contributed by atoms with E-state index in [1.165, 1.54) is 41.0 Å². The van der Waals surface area contributed by atoms with Crippen molar-refractivity contribution in [1.82, 2.24) is 25.0 Å². The van der Waals surface area contributed by atoms with E-state index >= 15 is 0 Å². The fraction of sp³-hybridized carbons (Fsp3) is 0.0870. The summed E-state index contributed by atoms with van der Waals surface area (Å²) in [5.74, 6) is 0. The maximum absolute atomic E-state index is 12.6. The fourth-order valence-electron chi connectivity index (χ4n) is 3.39. The Kier molecular flexibility index (Phi) is 7.02. The van der Waals surface area contributed by atoms with E-state index in [0.29, 0.717) is 32.4 Å². The van der Waals surface area contributed by atoms with Gasteiger partial charge < -0.3 is 0 Å². The minimum atomic E-state index is -3.74. The molecule has 0 aliphatic heterocycles. The smallest absolute Gasteiger partial charge is 0.255 e. The molecule has 0 aliphatic carbocycles. The van der Waals surface area contributed by atoms with Crippen molar-refractivity contribution >= 4 is 60.3 Å². The zero-order chi connectivity index (χ0) is 26.0. The SMILES string of the molecule is C/C(=N\Nc1nc(-c2ccc(Cl)cc2)cs1)c1nnn(-c2ccc(S(=O)(=O)Nc3nccs3)cc2)c1C. The average Bonchev–Trinajstić information content (AvgIpc) is 3.65. The molecule has 37 heavy (non-hydrogen) atoms. The number of nitrogens with zero attached hydrogens (tertiary/aromatic N) is 6. The molecule has 0 fully saturated rings. The molecule has 0 saturated heterocycles. The predicted molar refractivity (Wildman–Crippen MR) is 147 cm³/mol. The van der Waals surface area contributed by atoms with Crippen molar-refractivity contribution in [3.05, 3.63) is 81.9 Å². The van der Waals surface area contributed by atoms with Gasteiger partial charge in [0.1, 0.15) is 5.69 Å². The largest absolute Gasteiger partial charge is 0.263 e. The minimum Gasteiger partial charge on any atom is -0.255 e. The molecule has 0 amide bonds. The summed E-state index contributed by atoms with van der Waals surface area (Å²) in [6.45, 7) is 3.69. The minimum absolute atomic E-state index is 0.118. The second kappa shape index (κ2) is 10.4. The number of anilines is 2. The quantitative estimate of drug-likeness (QED) is 0.188. The Hall–Kier alpha value is -3.65. The van der Waals surface area contributed by atoms with Crippen LogP contribution in [0.1, 0.15) is 18.3 Å². The average molecular weight is 571 g/mol. The molecule has 0 atom stereocenters. The van der Waals surface area contributed by atoms with Gasteiger partial charge in [-0.15, -0.1) is 27.8 Å². The number of thiazole rings is 2. The van der Waals surface area contributed by atoms with Crippen LogP contribution in [0.15, 0.2) is 75.5 Å². The number of benzene rings is 2. The van der Waals surface area contributed by atoms with Gasteiger partial charge in [0, 0.05) is 27.5 Å². The van der Waals surface area contributed by atoms with Crippen LogP contribution in [0.3, 0.4) is 0 Å². The van der Waals surface area contributed by atoms with Gasteiger partial charge in [0.25, 0.3) is 10.0 Å². The van der Waals surface area contributed by atoms with Crippen molar-refractivity contribution < 1.29 is 8.42 Å². The van der Waals surface area contributed by atoms with E-state index in [1.807, 2.05) is 43.5 Å². The monoisotopic (exact) mass is 570 g/mol. The number of hydrogen-bond acceptors (Lipinski definition) is 10. The van der Waals surface area contributed by atoms with Gasteiger partial charge in [0.2, 0.25) is 5.13 Å². The van der Waals surface area contributed by atoms with E-state index in [4.69, 9.17) is 11.6 Å². The van der Waals surface area contributed by atoms with E-state index in [1.54, 1.807) is 22.2 Å². The number of rotatable bonds is 8. The highest BCUT2D eigenvalue weighted by atomic mass is 35.5. The lowest BCUT2D eigenvalue weighted by Gasteiger charge is -2.07. The summed E-state index contributed by atoms with van der Waals surface area (Å²) in [6.07, 6.45) is 1.53. The Labute approximate surface area is 225 Å². The first-order valence-corrected chi connectivity index (χ1v) is 14.4. The lowest BCUT2D eigenvalue weighted by Crippen LogP contribution is -2.13. The van der Waals surface area contributed by atoms with Crippen LogP contribution in [0.25, 0.3) is 16.9 Å². The Morgan fingerprint density at radius 2 is 1.81 bits per heavy atom. The molecule has 0 aliphatic rings. The third kappa shape index (κ3) is 5.54. The molecule has 0 spiro atoms. The van der Waals surface area contributed by atoms with Gasteiger partial charge in [-0.25, -0.2) is 23.1 Å². The molecule has 0 bridgehead atoms. The molecule has 3 aromatic heterocycles. The second-order valence-electron chi connectivity index (χ2n) is 7.73. The van der Waals surface area contributed by atoms with Crippen molar-refractivity contribution in [2.45, 2.75) is 18.7 Å². The Bertz CT molecular complexity index is 1660. The summed E-state index contributed by atoms with van der Waals surface area (Å²) >= 11 is 8.60. The van der Waals surface area contributed by atoms with Gasteiger partial charge in [0.05, 0.1) is 27.7 Å². The van der Waals surface area contributed by atoms with Crippen LogP contribution in [0.2, 0.25) is 5.02 Å². The van der Waals surface area contributed by atoms with Crippen LogP contribution in [0.5, 0.6) is 0 Å². The van der Waals surface area contributed by atoms with Crippen molar-refractivity contribution in [3.8, 4) is 16.9 Å². The van der Waals surface area contributed by atoms with Crippen LogP contribution in [0, 0.1) is 6.92 Å². The summed E-state index contributed by atoms with van der Waals surface area (Å²) in [6, 6.07) is 13.8. The molecular formula is C23H19ClN8O2S3. The first-order chi connectivity index (χ1) is 17.8. The predicted octanol–water partition coefficient (Wildman–Crippen LogP) is 5.45. The van der Waals surface area contributed by atoms with Crippen LogP contribution in [-0.2, 0) is 10.0 Å². The number of hydrazone groups is 1. The van der Waals surface area contributed by atoms with Gasteiger partial charge in [-0.05, 0) is 50.2 Å². The normalized spacial score (nSPS) is 12.0. The van der Waals surface area contributed by atoms with Crippen molar-refractivity contribution in [1.29, 1.82) is 0 Å². The highest BCUT2D eigenvalue weighted by Gasteiger charge is 2.17. The number of halogens is 1. The molecule has 10 nitrogen and oxygen atoms in total. The zero-order valence-corrected chi connectivity index (χ0v) is 22.7. The van der Waals surface area contributed by atoms with Gasteiger partial charge in [0.15, 0.2) is 5.13 Å². The van der Waals surface area contributed by atoms with Gasteiger partial charge in [-0.2, -0.15) is 5.10 Å². The summed E-state index contributed by atoms with van der Waals surface area (Å²) in [7, 11) is -3.74. The molecule has 14 heteroatoms. The molecule has 3 heterocycles. The van der Waals surface area contributed by atoms with Crippen LogP contribution < -0.4 is 10.1 Å². The van der Waals surface area contributed by atoms with Crippen LogP contribution >= 0.6 is 34.3 Å². The number of hydrogen-bond donors (Lipinski definition) is 2. The van der Waals surface area contributed by atoms with Gasteiger partial charge in [-0.3, -0.25) is 10.1 Å². The first kappa shape index (κ1) is 25.0. The van der Waals surface area contributed by atoms with Crippen LogP contribution in [0.4, 0.5) is 10.3 Å². The molecule has 2 aromatic carbocycles. The van der Waals surface area contributed by atoms with E-state index in [-0.39, 0.29) is 4.90 Å². The molecule has 188 valence electrons. The molecule has 0 saturated carbocycles. The van der Waals surface area contributed by atoms with Crippen molar-refractivity contribution in [2.75, 3.05) is 10.1 Å². The molecular weight excluding hydrogens is 552 g/mol. The molecule has 5 rings (SSSR count). The second-order valence-corrected chi connectivity index (χ2v) is 11.6. The van der Waals surface area contributed by atoms with Crippen molar-refractivity contribution in [2.24, 2.45) is 5.10 Å². The molecule has 5 aromatic rings. The standard InChI is InChI=1S/C23H19ClN8O2S3/c1-14(27-29-23-26-20(13-36-23)16-3-5-17(24)6-4-16)21-15(2)32(31-28-21)18-7-9-19(10-8-18)37(33,34)30-22-25-11-12-35-22/h3-13H,1-2H3,(H,25,30)(H,26,29)/b27-14+. The Morgan fingerprint density at radius 3 is 2.51 bits per heavy atom. The van der Waals surface area contributed by atoms with E-state index in [2.05, 4.69) is 35.5 Å². The van der Waals surface area contributed by atoms with Gasteiger partial charge >= 0.3 is 0 Å². The number of nitrogens with one attached hydrogen (secondary N) is 2. The summed E-state index contributed by atoms with van der Waals surface area (Å²) < 4.78 is 29.2. The lowest BCUT2D eigenvalue weighted by atomic mass is 10.2. The molecule has 0 radical (unpaired) electrons. The first-order valence-electron chi connectivity index (χ1n) is 10.8. The number of sulfonamides is 1. The zero-order valence-electron chi connectivity index (χ0n) is 19.5. The third-order valence-corrected chi connectivity index (χ3v) is 8.42. The maximum Gasteiger partial charge on any atom is 0.263 e.